The fraction of sp³-hybridized carbons (Fsp3) is 0.562. The highest BCUT2D eigenvalue weighted by Crippen LogP contribution is 2.49. The van der Waals surface area contributed by atoms with Gasteiger partial charge >= 0.3 is 6.61 Å². The Morgan fingerprint density at radius 3 is 2.57 bits per heavy atom. The maximum absolute atomic E-state index is 12.0. The van der Waals surface area contributed by atoms with Gasteiger partial charge in [0.1, 0.15) is 5.75 Å². The van der Waals surface area contributed by atoms with Gasteiger partial charge in [-0.25, -0.2) is 0 Å². The number of carbonyl (C=O) groups is 1. The average molecular weight is 295 g/mol. The van der Waals surface area contributed by atoms with E-state index in [9.17, 15) is 13.6 Å². The second-order valence-corrected chi connectivity index (χ2v) is 6.09. The van der Waals surface area contributed by atoms with Crippen molar-refractivity contribution in [2.24, 2.45) is 17.8 Å². The Bertz CT molecular complexity index is 504. The van der Waals surface area contributed by atoms with Crippen LogP contribution in [0.1, 0.15) is 32.1 Å². The van der Waals surface area contributed by atoms with Crippen LogP contribution in [0.3, 0.4) is 0 Å². The summed E-state index contributed by atoms with van der Waals surface area (Å²) >= 11 is 0. The highest BCUT2D eigenvalue weighted by Gasteiger charge is 2.40. The largest absolute Gasteiger partial charge is 0.435 e. The molecule has 0 heterocycles. The van der Waals surface area contributed by atoms with Gasteiger partial charge < -0.3 is 10.1 Å². The maximum Gasteiger partial charge on any atom is 0.387 e. The fourth-order valence-electron chi connectivity index (χ4n) is 3.80. The third-order valence-corrected chi connectivity index (χ3v) is 4.70. The van der Waals surface area contributed by atoms with E-state index < -0.39 is 6.61 Å². The van der Waals surface area contributed by atoms with Crippen LogP contribution in [0, 0.1) is 17.8 Å². The lowest BCUT2D eigenvalue weighted by Crippen LogP contribution is -2.20. The molecule has 114 valence electrons. The standard InChI is InChI=1S/C16H19F2NO2/c17-16(18)21-14-5-3-13(4-6-14)19-15(20)9-12-8-10-1-2-11(12)7-10/h3-6,10-12,16H,1-2,7-9H2,(H,19,20)/t10-,11-,12+/m1/s1. The second kappa shape index (κ2) is 6.00. The molecule has 2 bridgehead atoms. The van der Waals surface area contributed by atoms with Gasteiger partial charge in [0, 0.05) is 12.1 Å². The molecule has 1 amide bonds. The van der Waals surface area contributed by atoms with Crippen molar-refractivity contribution in [2.75, 3.05) is 5.32 Å². The van der Waals surface area contributed by atoms with Gasteiger partial charge in [0.25, 0.3) is 0 Å². The molecular formula is C16H19F2NO2. The van der Waals surface area contributed by atoms with Crippen molar-refractivity contribution in [3.05, 3.63) is 24.3 Å². The molecule has 0 radical (unpaired) electrons. The molecule has 1 aromatic carbocycles. The molecule has 3 atom stereocenters. The number of alkyl halides is 2. The van der Waals surface area contributed by atoms with E-state index in [0.29, 0.717) is 18.0 Å². The summed E-state index contributed by atoms with van der Waals surface area (Å²) in [6, 6.07) is 6.02. The van der Waals surface area contributed by atoms with E-state index in [4.69, 9.17) is 0 Å². The lowest BCUT2D eigenvalue weighted by Gasteiger charge is -2.20. The second-order valence-electron chi connectivity index (χ2n) is 6.09. The van der Waals surface area contributed by atoms with Gasteiger partial charge in [0.2, 0.25) is 5.91 Å². The minimum atomic E-state index is -2.83. The average Bonchev–Trinajstić information content (AvgIpc) is 3.02. The Balaban J connectivity index is 1.50. The Kier molecular flexibility index (Phi) is 4.08. The highest BCUT2D eigenvalue weighted by molar-refractivity contribution is 5.90. The third-order valence-electron chi connectivity index (χ3n) is 4.70. The van der Waals surface area contributed by atoms with Gasteiger partial charge in [-0.05, 0) is 61.3 Å². The zero-order valence-electron chi connectivity index (χ0n) is 11.7. The molecule has 0 saturated heterocycles. The Hall–Kier alpha value is -1.65. The summed E-state index contributed by atoms with van der Waals surface area (Å²) < 4.78 is 28.3. The number of nitrogens with one attached hydrogen (secondary N) is 1. The molecule has 21 heavy (non-hydrogen) atoms. The molecule has 3 rings (SSSR count). The van der Waals surface area contributed by atoms with Crippen molar-refractivity contribution < 1.29 is 18.3 Å². The number of halogens is 2. The molecule has 2 aliphatic carbocycles. The van der Waals surface area contributed by atoms with E-state index >= 15 is 0 Å². The molecule has 0 aliphatic heterocycles. The quantitative estimate of drug-likeness (QED) is 0.890. The van der Waals surface area contributed by atoms with Gasteiger partial charge in [-0.15, -0.1) is 0 Å². The van der Waals surface area contributed by atoms with Crippen LogP contribution >= 0.6 is 0 Å². The molecule has 0 aromatic heterocycles. The molecule has 2 aliphatic rings. The first-order valence-electron chi connectivity index (χ1n) is 7.45. The van der Waals surface area contributed by atoms with Crippen LogP contribution < -0.4 is 10.1 Å². The molecule has 0 spiro atoms. The van der Waals surface area contributed by atoms with Crippen molar-refractivity contribution in [1.82, 2.24) is 0 Å². The first kappa shape index (κ1) is 14.3. The highest BCUT2D eigenvalue weighted by atomic mass is 19.3. The van der Waals surface area contributed by atoms with E-state index in [1.807, 2.05) is 0 Å². The molecule has 0 unspecified atom stereocenters. The van der Waals surface area contributed by atoms with Crippen molar-refractivity contribution >= 4 is 11.6 Å². The smallest absolute Gasteiger partial charge is 0.387 e. The number of anilines is 1. The molecule has 1 aromatic rings. The summed E-state index contributed by atoms with van der Waals surface area (Å²) in [5, 5.41) is 2.83. The van der Waals surface area contributed by atoms with Crippen LogP contribution in [0.5, 0.6) is 5.75 Å². The zero-order chi connectivity index (χ0) is 14.8. The van der Waals surface area contributed by atoms with Gasteiger partial charge in [0.15, 0.2) is 0 Å². The topological polar surface area (TPSA) is 38.3 Å². The van der Waals surface area contributed by atoms with Gasteiger partial charge in [0.05, 0.1) is 0 Å². The lowest BCUT2D eigenvalue weighted by molar-refractivity contribution is -0.117. The lowest BCUT2D eigenvalue weighted by atomic mass is 9.86. The number of benzene rings is 1. The number of hydrogen-bond acceptors (Lipinski definition) is 2. The van der Waals surface area contributed by atoms with E-state index in [0.717, 1.165) is 11.8 Å². The van der Waals surface area contributed by atoms with Crippen molar-refractivity contribution in [1.29, 1.82) is 0 Å². The number of fused-ring (bicyclic) bond motifs is 2. The predicted molar refractivity (Wildman–Crippen MR) is 75.3 cm³/mol. The van der Waals surface area contributed by atoms with E-state index in [-0.39, 0.29) is 11.7 Å². The van der Waals surface area contributed by atoms with Crippen LogP contribution in [-0.4, -0.2) is 12.5 Å². The maximum atomic E-state index is 12.0. The van der Waals surface area contributed by atoms with E-state index in [1.165, 1.54) is 37.8 Å². The van der Waals surface area contributed by atoms with Crippen LogP contribution in [0.25, 0.3) is 0 Å². The van der Waals surface area contributed by atoms with Crippen molar-refractivity contribution in [2.45, 2.75) is 38.7 Å². The van der Waals surface area contributed by atoms with E-state index in [2.05, 4.69) is 10.1 Å². The number of rotatable bonds is 5. The molecule has 3 nitrogen and oxygen atoms in total. The monoisotopic (exact) mass is 295 g/mol. The van der Waals surface area contributed by atoms with Gasteiger partial charge in [-0.3, -0.25) is 4.79 Å². The molecular weight excluding hydrogens is 276 g/mol. The first-order chi connectivity index (χ1) is 10.1. The van der Waals surface area contributed by atoms with E-state index in [1.54, 1.807) is 12.1 Å². The SMILES string of the molecule is O=C(C[C@@H]1C[C@@H]2CC[C@@H]1C2)Nc1ccc(OC(F)F)cc1. The van der Waals surface area contributed by atoms with Gasteiger partial charge in [-0.1, -0.05) is 6.42 Å². The Labute approximate surface area is 122 Å². The van der Waals surface area contributed by atoms with Crippen molar-refractivity contribution in [3.63, 3.8) is 0 Å². The van der Waals surface area contributed by atoms with Crippen LogP contribution in [0.15, 0.2) is 24.3 Å². The summed E-state index contributed by atoms with van der Waals surface area (Å²) in [5.41, 5.74) is 0.616. The number of ether oxygens (including phenoxy) is 1. The summed E-state index contributed by atoms with van der Waals surface area (Å²) in [6.07, 6.45) is 5.63. The zero-order valence-corrected chi connectivity index (χ0v) is 11.7. The van der Waals surface area contributed by atoms with Crippen LogP contribution in [0.4, 0.5) is 14.5 Å². The predicted octanol–water partition coefficient (Wildman–Crippen LogP) is 4.05. The number of hydrogen-bond donors (Lipinski definition) is 1. The normalized spacial score (nSPS) is 27.1. The summed E-state index contributed by atoms with van der Waals surface area (Å²) in [6.45, 7) is -2.83. The van der Waals surface area contributed by atoms with Crippen molar-refractivity contribution in [3.8, 4) is 5.75 Å². The minimum absolute atomic E-state index is 0.00933. The molecule has 2 fully saturated rings. The molecule has 2 saturated carbocycles. The Morgan fingerprint density at radius 1 is 1.24 bits per heavy atom. The van der Waals surface area contributed by atoms with Crippen LogP contribution in [0.2, 0.25) is 0 Å². The fourth-order valence-corrected chi connectivity index (χ4v) is 3.80. The molecule has 5 heteroatoms. The third kappa shape index (κ3) is 3.52. The summed E-state index contributed by atoms with van der Waals surface area (Å²) in [4.78, 5) is 12.0. The molecule has 1 N–H and O–H groups in total. The Morgan fingerprint density at radius 2 is 2.00 bits per heavy atom. The first-order valence-corrected chi connectivity index (χ1v) is 7.45. The van der Waals surface area contributed by atoms with Gasteiger partial charge in [-0.2, -0.15) is 8.78 Å². The number of carbonyl (C=O) groups excluding carboxylic acids is 1. The summed E-state index contributed by atoms with van der Waals surface area (Å²) in [5.74, 6) is 2.18. The van der Waals surface area contributed by atoms with Crippen LogP contribution in [-0.2, 0) is 4.79 Å². The summed E-state index contributed by atoms with van der Waals surface area (Å²) in [7, 11) is 0. The minimum Gasteiger partial charge on any atom is -0.435 e. The number of amides is 1.